The van der Waals surface area contributed by atoms with Crippen molar-refractivity contribution in [2.75, 3.05) is 32.8 Å². The minimum Gasteiger partial charge on any atom is -0.490 e. The van der Waals surface area contributed by atoms with Gasteiger partial charge in [0.1, 0.15) is 18.0 Å². The Balaban J connectivity index is 1.42. The van der Waals surface area contributed by atoms with Gasteiger partial charge in [-0.2, -0.15) is 0 Å². The second-order valence-electron chi connectivity index (χ2n) is 9.65. The van der Waals surface area contributed by atoms with E-state index in [0.29, 0.717) is 31.6 Å². The SMILES string of the molecule is CC(=O)N1CCN(C2CCC(c3ccccc3)CC2)C[C@@](O)(COc2ccc(C)cc2)C1. The maximum Gasteiger partial charge on any atom is 0.219 e. The molecule has 172 valence electrons. The van der Waals surface area contributed by atoms with Crippen molar-refractivity contribution in [1.82, 2.24) is 9.80 Å². The minimum atomic E-state index is -1.09. The first-order valence-electron chi connectivity index (χ1n) is 11.9. The molecule has 1 heterocycles. The van der Waals surface area contributed by atoms with E-state index in [1.54, 1.807) is 11.8 Å². The lowest BCUT2D eigenvalue weighted by molar-refractivity contribution is -0.132. The van der Waals surface area contributed by atoms with Crippen LogP contribution in [0.25, 0.3) is 0 Å². The molecule has 1 amide bonds. The van der Waals surface area contributed by atoms with Gasteiger partial charge in [-0.15, -0.1) is 0 Å². The smallest absolute Gasteiger partial charge is 0.219 e. The molecule has 1 saturated carbocycles. The Labute approximate surface area is 192 Å². The van der Waals surface area contributed by atoms with E-state index in [9.17, 15) is 9.90 Å². The second kappa shape index (κ2) is 10.1. The van der Waals surface area contributed by atoms with Crippen LogP contribution in [0.2, 0.25) is 0 Å². The number of carbonyl (C=O) groups excluding carboxylic acids is 1. The molecule has 1 aliphatic carbocycles. The van der Waals surface area contributed by atoms with Crippen LogP contribution in [0.5, 0.6) is 5.75 Å². The van der Waals surface area contributed by atoms with E-state index in [1.165, 1.54) is 24.0 Å². The van der Waals surface area contributed by atoms with Gasteiger partial charge in [-0.3, -0.25) is 9.69 Å². The molecule has 2 fully saturated rings. The lowest BCUT2D eigenvalue weighted by Gasteiger charge is -2.39. The van der Waals surface area contributed by atoms with E-state index >= 15 is 0 Å². The number of ether oxygens (including phenoxy) is 1. The van der Waals surface area contributed by atoms with Gasteiger partial charge in [-0.05, 0) is 56.2 Å². The highest BCUT2D eigenvalue weighted by Crippen LogP contribution is 2.35. The molecule has 1 aliphatic heterocycles. The van der Waals surface area contributed by atoms with Crippen LogP contribution in [0, 0.1) is 6.92 Å². The van der Waals surface area contributed by atoms with E-state index in [2.05, 4.69) is 35.2 Å². The third-order valence-corrected chi connectivity index (χ3v) is 7.10. The number of carbonyl (C=O) groups is 1. The van der Waals surface area contributed by atoms with Gasteiger partial charge in [0, 0.05) is 32.6 Å². The van der Waals surface area contributed by atoms with E-state index < -0.39 is 5.60 Å². The Bertz CT molecular complexity index is 878. The highest BCUT2D eigenvalue weighted by atomic mass is 16.5. The molecule has 5 nitrogen and oxygen atoms in total. The molecule has 1 atom stereocenters. The number of aryl methyl sites for hydroxylation is 1. The van der Waals surface area contributed by atoms with Crippen molar-refractivity contribution in [3.63, 3.8) is 0 Å². The molecular weight excluding hydrogens is 400 g/mol. The van der Waals surface area contributed by atoms with Crippen molar-refractivity contribution in [2.24, 2.45) is 0 Å². The molecule has 0 bridgehead atoms. The second-order valence-corrected chi connectivity index (χ2v) is 9.65. The van der Waals surface area contributed by atoms with Crippen molar-refractivity contribution >= 4 is 5.91 Å². The first kappa shape index (κ1) is 22.8. The van der Waals surface area contributed by atoms with Gasteiger partial charge in [0.05, 0.1) is 6.54 Å². The normalized spacial score (nSPS) is 27.0. The Morgan fingerprint density at radius 3 is 2.34 bits per heavy atom. The van der Waals surface area contributed by atoms with Crippen molar-refractivity contribution in [2.45, 2.75) is 57.1 Å². The van der Waals surface area contributed by atoms with Crippen LogP contribution in [0.15, 0.2) is 54.6 Å². The number of β-amino-alcohol motifs (C(OH)–C–C–N with tert-alkyl or cyclic N) is 1. The molecule has 1 saturated heterocycles. The molecule has 5 heteroatoms. The summed E-state index contributed by atoms with van der Waals surface area (Å²) in [7, 11) is 0. The molecule has 0 spiro atoms. The average molecular weight is 437 g/mol. The summed E-state index contributed by atoms with van der Waals surface area (Å²) in [5.74, 6) is 1.38. The standard InChI is InChI=1S/C27H36N2O3/c1-21-8-14-26(15-9-21)32-20-27(31)18-28(22(2)30)16-17-29(19-27)25-12-10-24(11-13-25)23-6-4-3-5-7-23/h3-9,14-15,24-25,31H,10-13,16-20H2,1-2H3/t24?,25?,27-/m1/s1. The molecule has 0 unspecified atom stereocenters. The molecular formula is C27H36N2O3. The molecule has 4 rings (SSSR count). The van der Waals surface area contributed by atoms with Crippen LogP contribution in [0.1, 0.15) is 49.7 Å². The van der Waals surface area contributed by atoms with Crippen molar-refractivity contribution in [3.05, 3.63) is 65.7 Å². The average Bonchev–Trinajstić information content (AvgIpc) is 2.99. The maximum absolute atomic E-state index is 12.2. The molecule has 2 aromatic carbocycles. The number of aliphatic hydroxyl groups is 1. The zero-order valence-electron chi connectivity index (χ0n) is 19.4. The summed E-state index contributed by atoms with van der Waals surface area (Å²) in [6.07, 6.45) is 4.57. The summed E-state index contributed by atoms with van der Waals surface area (Å²) in [6, 6.07) is 19.1. The van der Waals surface area contributed by atoms with Crippen LogP contribution >= 0.6 is 0 Å². The van der Waals surface area contributed by atoms with Gasteiger partial charge in [0.25, 0.3) is 0 Å². The summed E-state index contributed by atoms with van der Waals surface area (Å²) in [5, 5.41) is 11.6. The zero-order valence-corrected chi connectivity index (χ0v) is 19.4. The number of nitrogens with zero attached hydrogens (tertiary/aromatic N) is 2. The Hall–Kier alpha value is -2.37. The van der Waals surface area contributed by atoms with E-state index in [1.807, 2.05) is 31.2 Å². The topological polar surface area (TPSA) is 53.0 Å². The van der Waals surface area contributed by atoms with Crippen LogP contribution in [-0.2, 0) is 4.79 Å². The van der Waals surface area contributed by atoms with Crippen molar-refractivity contribution < 1.29 is 14.6 Å². The fourth-order valence-electron chi connectivity index (χ4n) is 5.21. The monoisotopic (exact) mass is 436 g/mol. The summed E-state index contributed by atoms with van der Waals surface area (Å²) >= 11 is 0. The number of hydrogen-bond donors (Lipinski definition) is 1. The third kappa shape index (κ3) is 5.70. The van der Waals surface area contributed by atoms with Crippen LogP contribution in [-0.4, -0.2) is 65.2 Å². The summed E-state index contributed by atoms with van der Waals surface area (Å²) < 4.78 is 5.98. The zero-order chi connectivity index (χ0) is 22.6. The van der Waals surface area contributed by atoms with Gasteiger partial charge >= 0.3 is 0 Å². The highest BCUT2D eigenvalue weighted by molar-refractivity contribution is 5.73. The fraction of sp³-hybridized carbons (Fsp3) is 0.519. The van der Waals surface area contributed by atoms with Crippen LogP contribution in [0.3, 0.4) is 0 Å². The summed E-state index contributed by atoms with van der Waals surface area (Å²) in [4.78, 5) is 16.4. The molecule has 2 aromatic rings. The quantitative estimate of drug-likeness (QED) is 0.770. The van der Waals surface area contributed by atoms with Gasteiger partial charge in [-0.1, -0.05) is 48.0 Å². The lowest BCUT2D eigenvalue weighted by atomic mass is 9.81. The van der Waals surface area contributed by atoms with E-state index in [4.69, 9.17) is 4.74 Å². The van der Waals surface area contributed by atoms with E-state index in [-0.39, 0.29) is 12.5 Å². The van der Waals surface area contributed by atoms with Crippen LogP contribution < -0.4 is 4.74 Å². The highest BCUT2D eigenvalue weighted by Gasteiger charge is 2.39. The van der Waals surface area contributed by atoms with Gasteiger partial charge < -0.3 is 14.7 Å². The summed E-state index contributed by atoms with van der Waals surface area (Å²) in [6.45, 7) is 6.09. The molecule has 0 aromatic heterocycles. The number of hydrogen-bond acceptors (Lipinski definition) is 4. The molecule has 1 N–H and O–H groups in total. The van der Waals surface area contributed by atoms with Gasteiger partial charge in [0.2, 0.25) is 5.91 Å². The maximum atomic E-state index is 12.2. The molecule has 2 aliphatic rings. The van der Waals surface area contributed by atoms with E-state index in [0.717, 1.165) is 25.1 Å². The Kier molecular flexibility index (Phi) is 7.17. The minimum absolute atomic E-state index is 0.00777. The molecule has 32 heavy (non-hydrogen) atoms. The number of benzene rings is 2. The number of rotatable bonds is 5. The summed E-state index contributed by atoms with van der Waals surface area (Å²) in [5.41, 5.74) is 1.52. The van der Waals surface area contributed by atoms with Gasteiger partial charge in [-0.25, -0.2) is 0 Å². The lowest BCUT2D eigenvalue weighted by Crippen LogP contribution is -2.53. The first-order chi connectivity index (χ1) is 15.4. The van der Waals surface area contributed by atoms with Crippen molar-refractivity contribution in [1.29, 1.82) is 0 Å². The Morgan fingerprint density at radius 2 is 1.69 bits per heavy atom. The fourth-order valence-corrected chi connectivity index (χ4v) is 5.21. The number of amides is 1. The predicted octanol–water partition coefficient (Wildman–Crippen LogP) is 4.00. The van der Waals surface area contributed by atoms with Gasteiger partial charge in [0.15, 0.2) is 0 Å². The largest absolute Gasteiger partial charge is 0.490 e. The third-order valence-electron chi connectivity index (χ3n) is 7.10. The molecule has 0 radical (unpaired) electrons. The van der Waals surface area contributed by atoms with Crippen molar-refractivity contribution in [3.8, 4) is 5.75 Å². The predicted molar refractivity (Wildman–Crippen MR) is 127 cm³/mol. The Morgan fingerprint density at radius 1 is 1.00 bits per heavy atom. The van der Waals surface area contributed by atoms with Crippen LogP contribution in [0.4, 0.5) is 0 Å². The first-order valence-corrected chi connectivity index (χ1v) is 11.9.